The van der Waals surface area contributed by atoms with Crippen LogP contribution >= 0.6 is 11.3 Å². The first-order valence-corrected chi connectivity index (χ1v) is 7.24. The lowest BCUT2D eigenvalue weighted by Gasteiger charge is -2.17. The molecule has 1 N–H and O–H groups in total. The van der Waals surface area contributed by atoms with E-state index in [1.807, 2.05) is 20.0 Å². The van der Waals surface area contributed by atoms with Gasteiger partial charge in [0.05, 0.1) is 11.7 Å². The number of aryl methyl sites for hydroxylation is 1. The number of nitrogens with one attached hydrogen (secondary N) is 1. The van der Waals surface area contributed by atoms with Gasteiger partial charge in [-0.1, -0.05) is 24.3 Å². The lowest BCUT2D eigenvalue weighted by molar-refractivity contribution is 0.674. The Bertz CT molecular complexity index is 703. The minimum atomic E-state index is 0.141. The summed E-state index contributed by atoms with van der Waals surface area (Å²) in [7, 11) is 1.99. The highest BCUT2D eigenvalue weighted by molar-refractivity contribution is 7.17. The SMILES string of the molecule is CNC(c1cccc(C)n1)c1cccc2ccsc12. The van der Waals surface area contributed by atoms with Gasteiger partial charge < -0.3 is 5.32 Å². The highest BCUT2D eigenvalue weighted by Gasteiger charge is 2.16. The molecule has 0 aliphatic rings. The van der Waals surface area contributed by atoms with Crippen LogP contribution in [0.4, 0.5) is 0 Å². The summed E-state index contributed by atoms with van der Waals surface area (Å²) in [5.41, 5.74) is 3.42. The summed E-state index contributed by atoms with van der Waals surface area (Å²) in [5, 5.41) is 6.83. The van der Waals surface area contributed by atoms with Crippen LogP contribution in [0.15, 0.2) is 47.8 Å². The minimum Gasteiger partial charge on any atom is -0.308 e. The predicted octanol–water partition coefficient (Wildman–Crippen LogP) is 3.91. The van der Waals surface area contributed by atoms with Crippen molar-refractivity contribution >= 4 is 21.4 Å². The molecule has 0 aliphatic heterocycles. The van der Waals surface area contributed by atoms with E-state index in [9.17, 15) is 0 Å². The molecular weight excluding hydrogens is 252 g/mol. The van der Waals surface area contributed by atoms with Crippen molar-refractivity contribution in [2.24, 2.45) is 0 Å². The first-order chi connectivity index (χ1) is 9.29. The lowest BCUT2D eigenvalue weighted by atomic mass is 10.0. The number of benzene rings is 1. The number of nitrogens with zero attached hydrogens (tertiary/aromatic N) is 1. The maximum atomic E-state index is 4.65. The zero-order chi connectivity index (χ0) is 13.2. The fourth-order valence-electron chi connectivity index (χ4n) is 2.43. The molecule has 3 rings (SSSR count). The van der Waals surface area contributed by atoms with Crippen molar-refractivity contribution in [3.8, 4) is 0 Å². The normalized spacial score (nSPS) is 12.7. The fraction of sp³-hybridized carbons (Fsp3) is 0.188. The van der Waals surface area contributed by atoms with E-state index in [0.29, 0.717) is 0 Å². The molecule has 2 nitrogen and oxygen atoms in total. The summed E-state index contributed by atoms with van der Waals surface area (Å²) < 4.78 is 1.34. The highest BCUT2D eigenvalue weighted by atomic mass is 32.1. The monoisotopic (exact) mass is 268 g/mol. The van der Waals surface area contributed by atoms with Crippen LogP contribution in [0.1, 0.15) is 23.0 Å². The maximum absolute atomic E-state index is 4.65. The number of thiophene rings is 1. The Kier molecular flexibility index (Phi) is 3.32. The summed E-state index contributed by atoms with van der Waals surface area (Å²) in [4.78, 5) is 4.65. The van der Waals surface area contributed by atoms with Crippen LogP contribution in [0, 0.1) is 6.92 Å². The van der Waals surface area contributed by atoms with E-state index >= 15 is 0 Å². The smallest absolute Gasteiger partial charge is 0.0763 e. The highest BCUT2D eigenvalue weighted by Crippen LogP contribution is 2.31. The van der Waals surface area contributed by atoms with Crippen molar-refractivity contribution in [3.63, 3.8) is 0 Å². The van der Waals surface area contributed by atoms with Crippen molar-refractivity contribution in [2.45, 2.75) is 13.0 Å². The first-order valence-electron chi connectivity index (χ1n) is 6.36. The molecule has 0 spiro atoms. The number of fused-ring (bicyclic) bond motifs is 1. The van der Waals surface area contributed by atoms with E-state index < -0.39 is 0 Å². The molecule has 0 amide bonds. The van der Waals surface area contributed by atoms with Crippen LogP contribution in [-0.4, -0.2) is 12.0 Å². The van der Waals surface area contributed by atoms with Crippen molar-refractivity contribution in [3.05, 3.63) is 64.8 Å². The number of hydrogen-bond acceptors (Lipinski definition) is 3. The third-order valence-corrected chi connectivity index (χ3v) is 4.29. The molecule has 0 fully saturated rings. The molecule has 1 unspecified atom stereocenters. The molecule has 3 aromatic rings. The largest absolute Gasteiger partial charge is 0.308 e. The Labute approximate surface area is 117 Å². The van der Waals surface area contributed by atoms with E-state index in [0.717, 1.165) is 11.4 Å². The Morgan fingerprint density at radius 1 is 1.11 bits per heavy atom. The second-order valence-electron chi connectivity index (χ2n) is 4.61. The summed E-state index contributed by atoms with van der Waals surface area (Å²) in [6.07, 6.45) is 0. The Balaban J connectivity index is 2.14. The molecule has 2 heterocycles. The molecule has 3 heteroatoms. The molecule has 0 saturated heterocycles. The average molecular weight is 268 g/mol. The fourth-order valence-corrected chi connectivity index (χ4v) is 3.38. The van der Waals surface area contributed by atoms with Crippen molar-refractivity contribution in [2.75, 3.05) is 7.05 Å². The molecule has 1 aromatic carbocycles. The van der Waals surface area contributed by atoms with Gasteiger partial charge >= 0.3 is 0 Å². The van der Waals surface area contributed by atoms with E-state index in [2.05, 4.69) is 52.1 Å². The second kappa shape index (κ2) is 5.11. The Hall–Kier alpha value is -1.71. The zero-order valence-corrected chi connectivity index (χ0v) is 11.9. The Morgan fingerprint density at radius 2 is 1.95 bits per heavy atom. The molecule has 0 bridgehead atoms. The lowest BCUT2D eigenvalue weighted by Crippen LogP contribution is -2.19. The standard InChI is InChI=1S/C16H16N2S/c1-11-5-3-8-14(18-11)15(17-2)13-7-4-6-12-9-10-19-16(12)13/h3-10,15,17H,1-2H3. The number of pyridine rings is 1. The third kappa shape index (κ3) is 2.27. The third-order valence-electron chi connectivity index (χ3n) is 3.31. The van der Waals surface area contributed by atoms with Gasteiger partial charge in [-0.15, -0.1) is 11.3 Å². The topological polar surface area (TPSA) is 24.9 Å². The molecule has 1 atom stereocenters. The number of rotatable bonds is 3. The van der Waals surface area contributed by atoms with Crippen molar-refractivity contribution < 1.29 is 0 Å². The van der Waals surface area contributed by atoms with Gasteiger partial charge in [-0.25, -0.2) is 0 Å². The maximum Gasteiger partial charge on any atom is 0.0763 e. The van der Waals surface area contributed by atoms with Crippen LogP contribution in [0.2, 0.25) is 0 Å². The van der Waals surface area contributed by atoms with Gasteiger partial charge in [-0.2, -0.15) is 0 Å². The van der Waals surface area contributed by atoms with Crippen LogP contribution in [0.25, 0.3) is 10.1 Å². The van der Waals surface area contributed by atoms with Gasteiger partial charge in [0.25, 0.3) is 0 Å². The van der Waals surface area contributed by atoms with E-state index in [1.54, 1.807) is 11.3 Å². The van der Waals surface area contributed by atoms with Gasteiger partial charge in [0.2, 0.25) is 0 Å². The van der Waals surface area contributed by atoms with Gasteiger partial charge in [0.1, 0.15) is 0 Å². The first kappa shape index (κ1) is 12.3. The van der Waals surface area contributed by atoms with Crippen LogP contribution in [0.3, 0.4) is 0 Å². The van der Waals surface area contributed by atoms with Crippen molar-refractivity contribution in [1.82, 2.24) is 10.3 Å². The van der Waals surface area contributed by atoms with E-state index in [-0.39, 0.29) is 6.04 Å². The summed E-state index contributed by atoms with van der Waals surface area (Å²) in [6.45, 7) is 2.03. The van der Waals surface area contributed by atoms with Gasteiger partial charge in [0.15, 0.2) is 0 Å². The molecular formula is C16H16N2S. The molecule has 0 aliphatic carbocycles. The number of aromatic nitrogens is 1. The molecule has 96 valence electrons. The van der Waals surface area contributed by atoms with Crippen LogP contribution in [-0.2, 0) is 0 Å². The van der Waals surface area contributed by atoms with Crippen LogP contribution < -0.4 is 5.32 Å². The Morgan fingerprint density at radius 3 is 2.74 bits per heavy atom. The summed E-state index contributed by atoms with van der Waals surface area (Å²) >= 11 is 1.79. The summed E-state index contributed by atoms with van der Waals surface area (Å²) in [5.74, 6) is 0. The molecule has 2 aromatic heterocycles. The molecule has 0 radical (unpaired) electrons. The predicted molar refractivity (Wildman–Crippen MR) is 81.7 cm³/mol. The summed E-state index contributed by atoms with van der Waals surface area (Å²) in [6, 6.07) is 14.9. The van der Waals surface area contributed by atoms with Crippen LogP contribution in [0.5, 0.6) is 0 Å². The van der Waals surface area contributed by atoms with E-state index in [1.165, 1.54) is 15.6 Å². The molecule has 0 saturated carbocycles. The molecule has 19 heavy (non-hydrogen) atoms. The van der Waals surface area contributed by atoms with Crippen molar-refractivity contribution in [1.29, 1.82) is 0 Å². The van der Waals surface area contributed by atoms with E-state index in [4.69, 9.17) is 0 Å². The second-order valence-corrected chi connectivity index (χ2v) is 5.53. The number of hydrogen-bond donors (Lipinski definition) is 1. The minimum absolute atomic E-state index is 0.141. The van der Waals surface area contributed by atoms with Gasteiger partial charge in [-0.05, 0) is 48.5 Å². The van der Waals surface area contributed by atoms with Gasteiger partial charge in [-0.3, -0.25) is 4.98 Å². The zero-order valence-electron chi connectivity index (χ0n) is 11.1. The van der Waals surface area contributed by atoms with Gasteiger partial charge in [0, 0.05) is 10.4 Å². The average Bonchev–Trinajstić information content (AvgIpc) is 2.89. The quantitative estimate of drug-likeness (QED) is 0.779.